The average molecular weight is 305 g/mol. The molecule has 1 N–H and O–H groups in total. The molecule has 2 aromatic rings. The number of benzene rings is 1. The molecular formula is C12H9BrN4O. The maximum absolute atomic E-state index is 12.0. The first-order valence-corrected chi connectivity index (χ1v) is 5.88. The molecule has 18 heavy (non-hydrogen) atoms. The fourth-order valence-electron chi connectivity index (χ4n) is 1.48. The highest BCUT2D eigenvalue weighted by molar-refractivity contribution is 9.10. The smallest absolute Gasteiger partial charge is 0.273 e. The third-order valence-corrected chi connectivity index (χ3v) is 2.89. The molecule has 0 fully saturated rings. The second kappa shape index (κ2) is 5.02. The monoisotopic (exact) mass is 304 g/mol. The first-order chi connectivity index (χ1) is 8.61. The molecule has 1 aromatic carbocycles. The predicted octanol–water partition coefficient (Wildman–Crippen LogP) is 2.31. The van der Waals surface area contributed by atoms with Gasteiger partial charge in [-0.2, -0.15) is 5.26 Å². The molecular weight excluding hydrogens is 296 g/mol. The summed E-state index contributed by atoms with van der Waals surface area (Å²) in [5, 5.41) is 11.7. The number of aryl methyl sites for hydroxylation is 1. The number of rotatable bonds is 2. The number of hydrogen-bond donors (Lipinski definition) is 1. The van der Waals surface area contributed by atoms with Crippen LogP contribution in [0.25, 0.3) is 0 Å². The molecule has 0 saturated carbocycles. The number of halogens is 1. The molecule has 0 spiro atoms. The Labute approximate surface area is 112 Å². The Kier molecular flexibility index (Phi) is 3.44. The lowest BCUT2D eigenvalue weighted by atomic mass is 10.2. The van der Waals surface area contributed by atoms with E-state index in [2.05, 4.69) is 26.2 Å². The number of imidazole rings is 1. The molecule has 1 aromatic heterocycles. The van der Waals surface area contributed by atoms with Crippen LogP contribution in [0.1, 0.15) is 16.1 Å². The molecule has 0 saturated heterocycles. The molecule has 0 unspecified atom stereocenters. The van der Waals surface area contributed by atoms with E-state index < -0.39 is 0 Å². The molecule has 5 nitrogen and oxygen atoms in total. The number of hydrogen-bond acceptors (Lipinski definition) is 3. The highest BCUT2D eigenvalue weighted by Crippen LogP contribution is 2.20. The SMILES string of the molecule is Cn1cncc1C(=O)Nc1ccc(Br)cc1C#N. The molecule has 2 rings (SSSR count). The minimum atomic E-state index is -0.297. The number of amides is 1. The van der Waals surface area contributed by atoms with E-state index in [0.29, 0.717) is 16.9 Å². The molecule has 1 heterocycles. The molecule has 0 aliphatic rings. The maximum Gasteiger partial charge on any atom is 0.273 e. The van der Waals surface area contributed by atoms with Crippen molar-refractivity contribution >= 4 is 27.5 Å². The van der Waals surface area contributed by atoms with Crippen molar-refractivity contribution in [2.45, 2.75) is 0 Å². The summed E-state index contributed by atoms with van der Waals surface area (Å²) in [5.41, 5.74) is 1.31. The second-order valence-electron chi connectivity index (χ2n) is 3.65. The molecule has 0 radical (unpaired) electrons. The summed E-state index contributed by atoms with van der Waals surface area (Å²) in [4.78, 5) is 15.8. The summed E-state index contributed by atoms with van der Waals surface area (Å²) in [6, 6.07) is 7.13. The molecule has 1 amide bonds. The Hall–Kier alpha value is -2.13. The van der Waals surface area contributed by atoms with E-state index in [0.717, 1.165) is 4.47 Å². The van der Waals surface area contributed by atoms with Gasteiger partial charge in [0.05, 0.1) is 23.8 Å². The van der Waals surface area contributed by atoms with E-state index in [1.165, 1.54) is 6.20 Å². The van der Waals surface area contributed by atoms with E-state index >= 15 is 0 Å². The number of nitrogens with one attached hydrogen (secondary N) is 1. The van der Waals surface area contributed by atoms with E-state index in [9.17, 15) is 4.79 Å². The van der Waals surface area contributed by atoms with Crippen molar-refractivity contribution in [2.24, 2.45) is 7.05 Å². The van der Waals surface area contributed by atoms with Gasteiger partial charge in [-0.3, -0.25) is 4.79 Å². The third-order valence-electron chi connectivity index (χ3n) is 2.40. The molecule has 6 heteroatoms. The van der Waals surface area contributed by atoms with Crippen LogP contribution >= 0.6 is 15.9 Å². The number of carbonyl (C=O) groups is 1. The van der Waals surface area contributed by atoms with Gasteiger partial charge in [-0.05, 0) is 18.2 Å². The van der Waals surface area contributed by atoms with Crippen LogP contribution in [-0.2, 0) is 7.05 Å². The summed E-state index contributed by atoms with van der Waals surface area (Å²) < 4.78 is 2.40. The number of nitrogens with zero attached hydrogens (tertiary/aromatic N) is 3. The van der Waals surface area contributed by atoms with E-state index in [1.807, 2.05) is 6.07 Å². The Balaban J connectivity index is 2.28. The van der Waals surface area contributed by atoms with Crippen molar-refractivity contribution in [1.82, 2.24) is 9.55 Å². The zero-order valence-electron chi connectivity index (χ0n) is 9.51. The van der Waals surface area contributed by atoms with Gasteiger partial charge in [0.1, 0.15) is 11.8 Å². The first-order valence-electron chi connectivity index (χ1n) is 5.09. The van der Waals surface area contributed by atoms with Crippen LogP contribution in [0.5, 0.6) is 0 Å². The van der Waals surface area contributed by atoms with Crippen LogP contribution in [0.15, 0.2) is 35.2 Å². The minimum absolute atomic E-state index is 0.297. The summed E-state index contributed by atoms with van der Waals surface area (Å²) in [6.07, 6.45) is 3.02. The van der Waals surface area contributed by atoms with Gasteiger partial charge in [-0.15, -0.1) is 0 Å². The Bertz CT molecular complexity index is 642. The molecule has 0 aliphatic heterocycles. The lowest BCUT2D eigenvalue weighted by molar-refractivity contribution is 0.101. The summed E-state index contributed by atoms with van der Waals surface area (Å²) >= 11 is 3.28. The van der Waals surface area contributed by atoms with E-state index in [4.69, 9.17) is 5.26 Å². The van der Waals surface area contributed by atoms with Crippen LogP contribution in [0.2, 0.25) is 0 Å². The highest BCUT2D eigenvalue weighted by Gasteiger charge is 2.12. The van der Waals surface area contributed by atoms with E-state index in [1.54, 1.807) is 36.1 Å². The van der Waals surface area contributed by atoms with Crippen molar-refractivity contribution < 1.29 is 4.79 Å². The Morgan fingerprint density at radius 3 is 2.94 bits per heavy atom. The minimum Gasteiger partial charge on any atom is -0.330 e. The highest BCUT2D eigenvalue weighted by atomic mass is 79.9. The van der Waals surface area contributed by atoms with Crippen molar-refractivity contribution in [3.63, 3.8) is 0 Å². The average Bonchev–Trinajstić information content (AvgIpc) is 2.77. The van der Waals surface area contributed by atoms with Crippen LogP contribution in [0.4, 0.5) is 5.69 Å². The number of carbonyl (C=O) groups excluding carboxylic acids is 1. The number of nitriles is 1. The van der Waals surface area contributed by atoms with Gasteiger partial charge in [-0.1, -0.05) is 15.9 Å². The van der Waals surface area contributed by atoms with Crippen LogP contribution < -0.4 is 5.32 Å². The Morgan fingerprint density at radius 2 is 2.33 bits per heavy atom. The lowest BCUT2D eigenvalue weighted by Gasteiger charge is -2.07. The van der Waals surface area contributed by atoms with Gasteiger partial charge < -0.3 is 9.88 Å². The van der Waals surface area contributed by atoms with Crippen molar-refractivity contribution in [3.8, 4) is 6.07 Å². The fraction of sp³-hybridized carbons (Fsp3) is 0.0833. The van der Waals surface area contributed by atoms with Gasteiger partial charge in [0.2, 0.25) is 0 Å². The van der Waals surface area contributed by atoms with Crippen molar-refractivity contribution in [3.05, 3.63) is 46.5 Å². The predicted molar refractivity (Wildman–Crippen MR) is 70.0 cm³/mol. The summed E-state index contributed by atoms with van der Waals surface area (Å²) in [7, 11) is 1.73. The quantitative estimate of drug-likeness (QED) is 0.925. The topological polar surface area (TPSA) is 70.7 Å². The fourth-order valence-corrected chi connectivity index (χ4v) is 1.84. The van der Waals surface area contributed by atoms with Crippen LogP contribution in [0.3, 0.4) is 0 Å². The number of anilines is 1. The van der Waals surface area contributed by atoms with Gasteiger partial charge >= 0.3 is 0 Å². The normalized spacial score (nSPS) is 9.83. The zero-order chi connectivity index (χ0) is 13.1. The zero-order valence-corrected chi connectivity index (χ0v) is 11.1. The third kappa shape index (κ3) is 2.41. The standard InChI is InChI=1S/C12H9BrN4O/c1-17-7-15-6-11(17)12(18)16-10-3-2-9(13)4-8(10)5-14/h2-4,6-7H,1H3,(H,16,18). The molecule has 0 atom stereocenters. The summed E-state index contributed by atoms with van der Waals surface area (Å²) in [5.74, 6) is -0.297. The van der Waals surface area contributed by atoms with Crippen molar-refractivity contribution in [1.29, 1.82) is 5.26 Å². The van der Waals surface area contributed by atoms with Gasteiger partial charge in [0.25, 0.3) is 5.91 Å². The number of aromatic nitrogens is 2. The molecule has 0 bridgehead atoms. The first kappa shape index (κ1) is 12.3. The lowest BCUT2D eigenvalue weighted by Crippen LogP contribution is -2.16. The Morgan fingerprint density at radius 1 is 1.56 bits per heavy atom. The molecule has 90 valence electrons. The van der Waals surface area contributed by atoms with Gasteiger partial charge in [-0.25, -0.2) is 4.98 Å². The van der Waals surface area contributed by atoms with Crippen LogP contribution in [-0.4, -0.2) is 15.5 Å². The van der Waals surface area contributed by atoms with E-state index in [-0.39, 0.29) is 5.91 Å². The van der Waals surface area contributed by atoms with Crippen LogP contribution in [0, 0.1) is 11.3 Å². The largest absolute Gasteiger partial charge is 0.330 e. The maximum atomic E-state index is 12.0. The summed E-state index contributed by atoms with van der Waals surface area (Å²) in [6.45, 7) is 0. The van der Waals surface area contributed by atoms with Crippen molar-refractivity contribution in [2.75, 3.05) is 5.32 Å². The molecule has 0 aliphatic carbocycles. The van der Waals surface area contributed by atoms with Gasteiger partial charge in [0, 0.05) is 11.5 Å². The second-order valence-corrected chi connectivity index (χ2v) is 4.56. The van der Waals surface area contributed by atoms with Gasteiger partial charge in [0.15, 0.2) is 0 Å².